The standard InChI is InChI=1S/C29H35N3O7/c1-18-14-20(8-10-23(18)35-11-5-6-19-7-9-24-25(15-19)37-13-12-36-24)26-30-27(39-31-26)22-16-21(33)17-32(22)28(34)38-29(2,3)4/h7-10,14-15,21-22,33H,5-6,11-13,16-17H2,1-4H3/t21-,22+/m1/s1. The molecule has 10 nitrogen and oxygen atoms in total. The van der Waals surface area contributed by atoms with Gasteiger partial charge >= 0.3 is 6.09 Å². The highest BCUT2D eigenvalue weighted by molar-refractivity contribution is 5.69. The van der Waals surface area contributed by atoms with E-state index in [1.807, 2.05) is 37.3 Å². The summed E-state index contributed by atoms with van der Waals surface area (Å²) in [5.74, 6) is 3.07. The van der Waals surface area contributed by atoms with Gasteiger partial charge in [-0.1, -0.05) is 11.2 Å². The van der Waals surface area contributed by atoms with Crippen LogP contribution in [0.4, 0.5) is 4.79 Å². The molecule has 208 valence electrons. The topological polar surface area (TPSA) is 116 Å². The third kappa shape index (κ3) is 6.44. The molecule has 3 aromatic rings. The molecule has 0 radical (unpaired) electrons. The first kappa shape index (κ1) is 26.8. The molecule has 0 spiro atoms. The van der Waals surface area contributed by atoms with Crippen molar-refractivity contribution < 1.29 is 33.4 Å². The summed E-state index contributed by atoms with van der Waals surface area (Å²) in [5, 5.41) is 14.3. The van der Waals surface area contributed by atoms with E-state index in [9.17, 15) is 9.90 Å². The summed E-state index contributed by atoms with van der Waals surface area (Å²) in [6.45, 7) is 9.26. The zero-order valence-corrected chi connectivity index (χ0v) is 22.8. The number of fused-ring (bicyclic) bond motifs is 1. The molecule has 1 amide bonds. The van der Waals surface area contributed by atoms with E-state index in [4.69, 9.17) is 23.5 Å². The molecule has 1 fully saturated rings. The Labute approximate surface area is 227 Å². The molecule has 10 heteroatoms. The van der Waals surface area contributed by atoms with Crippen LogP contribution in [0.5, 0.6) is 17.2 Å². The zero-order valence-electron chi connectivity index (χ0n) is 22.8. The Balaban J connectivity index is 1.18. The Morgan fingerprint density at radius 1 is 1.13 bits per heavy atom. The summed E-state index contributed by atoms with van der Waals surface area (Å²) >= 11 is 0. The SMILES string of the molecule is Cc1cc(-c2noc([C@@H]3C[C@@H](O)CN3C(=O)OC(C)(C)C)n2)ccc1OCCCc1ccc2c(c1)OCCO2. The molecular weight excluding hydrogens is 502 g/mol. The molecular formula is C29H35N3O7. The summed E-state index contributed by atoms with van der Waals surface area (Å²) in [6.07, 6.45) is 0.826. The second-order valence-electron chi connectivity index (χ2n) is 10.9. The molecule has 2 aromatic carbocycles. The summed E-state index contributed by atoms with van der Waals surface area (Å²) in [6, 6.07) is 11.2. The van der Waals surface area contributed by atoms with Crippen LogP contribution < -0.4 is 14.2 Å². The quantitative estimate of drug-likeness (QED) is 0.421. The molecule has 0 unspecified atom stereocenters. The number of aryl methyl sites for hydroxylation is 2. The van der Waals surface area contributed by atoms with E-state index >= 15 is 0 Å². The van der Waals surface area contributed by atoms with Crippen molar-refractivity contribution in [2.24, 2.45) is 0 Å². The number of nitrogens with zero attached hydrogens (tertiary/aromatic N) is 3. The van der Waals surface area contributed by atoms with Gasteiger partial charge in [0, 0.05) is 12.0 Å². The summed E-state index contributed by atoms with van der Waals surface area (Å²) in [5.41, 5.74) is 2.25. The van der Waals surface area contributed by atoms with Gasteiger partial charge in [-0.25, -0.2) is 4.79 Å². The molecule has 1 saturated heterocycles. The fourth-order valence-corrected chi connectivity index (χ4v) is 4.71. The average Bonchev–Trinajstić information content (AvgIpc) is 3.53. The number of amides is 1. The fraction of sp³-hybridized carbons (Fsp3) is 0.483. The highest BCUT2D eigenvalue weighted by Gasteiger charge is 2.40. The number of aromatic nitrogens is 2. The Hall–Kier alpha value is -3.79. The number of carbonyl (C=O) groups excluding carboxylic acids is 1. The van der Waals surface area contributed by atoms with Crippen molar-refractivity contribution in [2.75, 3.05) is 26.4 Å². The lowest BCUT2D eigenvalue weighted by molar-refractivity contribution is 0.0184. The number of carbonyl (C=O) groups is 1. The van der Waals surface area contributed by atoms with Gasteiger partial charge in [-0.15, -0.1) is 0 Å². The summed E-state index contributed by atoms with van der Waals surface area (Å²) < 4.78 is 28.3. The second-order valence-corrected chi connectivity index (χ2v) is 10.9. The summed E-state index contributed by atoms with van der Waals surface area (Å²) in [7, 11) is 0. The summed E-state index contributed by atoms with van der Waals surface area (Å²) in [4.78, 5) is 18.7. The molecule has 1 aromatic heterocycles. The number of β-amino-alcohol motifs (C(OH)–C–C–N with tert-alkyl or cyclic N) is 1. The van der Waals surface area contributed by atoms with E-state index in [2.05, 4.69) is 16.2 Å². The largest absolute Gasteiger partial charge is 0.493 e. The number of likely N-dealkylation sites (tertiary alicyclic amines) is 1. The van der Waals surface area contributed by atoms with Gasteiger partial charge in [0.2, 0.25) is 11.7 Å². The van der Waals surface area contributed by atoms with E-state index < -0.39 is 23.8 Å². The van der Waals surface area contributed by atoms with E-state index in [1.165, 1.54) is 10.5 Å². The number of hydrogen-bond acceptors (Lipinski definition) is 9. The average molecular weight is 538 g/mol. The predicted octanol–water partition coefficient (Wildman–Crippen LogP) is 4.87. The molecule has 3 heterocycles. The zero-order chi connectivity index (χ0) is 27.6. The first-order valence-electron chi connectivity index (χ1n) is 13.3. The van der Waals surface area contributed by atoms with Crippen LogP contribution in [0.25, 0.3) is 11.4 Å². The number of ether oxygens (including phenoxy) is 4. The van der Waals surface area contributed by atoms with Crippen LogP contribution in [0.2, 0.25) is 0 Å². The molecule has 2 aliphatic rings. The van der Waals surface area contributed by atoms with Gasteiger partial charge in [0.25, 0.3) is 0 Å². The Bertz CT molecular complexity index is 1320. The minimum Gasteiger partial charge on any atom is -0.493 e. The van der Waals surface area contributed by atoms with Gasteiger partial charge in [0.15, 0.2) is 11.5 Å². The number of benzene rings is 2. The molecule has 39 heavy (non-hydrogen) atoms. The monoisotopic (exact) mass is 537 g/mol. The van der Waals surface area contributed by atoms with Crippen LogP contribution in [0.15, 0.2) is 40.9 Å². The highest BCUT2D eigenvalue weighted by Crippen LogP contribution is 2.34. The number of rotatable bonds is 7. The van der Waals surface area contributed by atoms with Gasteiger partial charge in [0.1, 0.15) is 30.6 Å². The van der Waals surface area contributed by atoms with Crippen LogP contribution in [0, 0.1) is 6.92 Å². The number of hydrogen-bond donors (Lipinski definition) is 1. The maximum Gasteiger partial charge on any atom is 0.411 e. The van der Waals surface area contributed by atoms with Crippen molar-refractivity contribution in [3.8, 4) is 28.6 Å². The van der Waals surface area contributed by atoms with Crippen LogP contribution in [0.1, 0.15) is 56.7 Å². The third-order valence-electron chi connectivity index (χ3n) is 6.54. The smallest absolute Gasteiger partial charge is 0.411 e. The third-order valence-corrected chi connectivity index (χ3v) is 6.54. The van der Waals surface area contributed by atoms with E-state index in [1.54, 1.807) is 20.8 Å². The molecule has 2 atom stereocenters. The minimum atomic E-state index is -0.689. The van der Waals surface area contributed by atoms with Crippen LogP contribution in [-0.2, 0) is 11.2 Å². The van der Waals surface area contributed by atoms with Crippen LogP contribution in [-0.4, -0.2) is 64.3 Å². The molecule has 5 rings (SSSR count). The Morgan fingerprint density at radius 2 is 1.92 bits per heavy atom. The van der Waals surface area contributed by atoms with Gasteiger partial charge < -0.3 is 28.6 Å². The predicted molar refractivity (Wildman–Crippen MR) is 142 cm³/mol. The lowest BCUT2D eigenvalue weighted by Crippen LogP contribution is -2.37. The number of aliphatic hydroxyl groups is 1. The van der Waals surface area contributed by atoms with Gasteiger partial charge in [-0.3, -0.25) is 4.90 Å². The van der Waals surface area contributed by atoms with Crippen molar-refractivity contribution in [3.05, 3.63) is 53.4 Å². The molecule has 0 aliphatic carbocycles. The second kappa shape index (κ2) is 11.1. The molecule has 0 bridgehead atoms. The maximum absolute atomic E-state index is 12.7. The lowest BCUT2D eigenvalue weighted by atomic mass is 10.1. The number of aliphatic hydroxyl groups excluding tert-OH is 1. The van der Waals surface area contributed by atoms with Crippen molar-refractivity contribution in [1.29, 1.82) is 0 Å². The Kier molecular flexibility index (Phi) is 7.65. The first-order valence-corrected chi connectivity index (χ1v) is 13.3. The van der Waals surface area contributed by atoms with Gasteiger partial charge in [-0.05, 0) is 82.0 Å². The van der Waals surface area contributed by atoms with Gasteiger partial charge in [0.05, 0.1) is 19.3 Å². The molecule has 0 saturated carbocycles. The highest BCUT2D eigenvalue weighted by atomic mass is 16.6. The van der Waals surface area contributed by atoms with Crippen molar-refractivity contribution >= 4 is 6.09 Å². The fourth-order valence-electron chi connectivity index (χ4n) is 4.71. The maximum atomic E-state index is 12.7. The van der Waals surface area contributed by atoms with Crippen molar-refractivity contribution in [3.63, 3.8) is 0 Å². The van der Waals surface area contributed by atoms with Gasteiger partial charge in [-0.2, -0.15) is 4.98 Å². The van der Waals surface area contributed by atoms with Crippen LogP contribution >= 0.6 is 0 Å². The molecule has 2 aliphatic heterocycles. The van der Waals surface area contributed by atoms with E-state index in [0.717, 1.165) is 41.2 Å². The van der Waals surface area contributed by atoms with E-state index in [0.29, 0.717) is 32.1 Å². The Morgan fingerprint density at radius 3 is 2.69 bits per heavy atom. The lowest BCUT2D eigenvalue weighted by Gasteiger charge is -2.26. The first-order chi connectivity index (χ1) is 18.7. The minimum absolute atomic E-state index is 0.150. The van der Waals surface area contributed by atoms with Crippen LogP contribution in [0.3, 0.4) is 0 Å². The molecule has 1 N–H and O–H groups in total. The van der Waals surface area contributed by atoms with Crippen molar-refractivity contribution in [1.82, 2.24) is 15.0 Å². The normalized spacial score (nSPS) is 18.7. The van der Waals surface area contributed by atoms with E-state index in [-0.39, 0.29) is 12.4 Å². The van der Waals surface area contributed by atoms with Crippen molar-refractivity contribution in [2.45, 2.75) is 64.7 Å².